The summed E-state index contributed by atoms with van der Waals surface area (Å²) in [7, 11) is 1.69. The lowest BCUT2D eigenvalue weighted by Crippen LogP contribution is -2.36. The Morgan fingerprint density at radius 3 is 2.50 bits per heavy atom. The van der Waals surface area contributed by atoms with Gasteiger partial charge in [0.2, 0.25) is 5.91 Å². The molecule has 1 aliphatic heterocycles. The SMILES string of the molecule is CCN(CCCC(=O)N1CCCC1)C(C)Cc1ccc(OC)cc1. The summed E-state index contributed by atoms with van der Waals surface area (Å²) in [4.78, 5) is 16.6. The Balaban J connectivity index is 1.75. The number of likely N-dealkylation sites (N-methyl/N-ethyl adjacent to an activating group) is 1. The molecule has 0 spiro atoms. The first kappa shape index (κ1) is 18.8. The van der Waals surface area contributed by atoms with Crippen molar-refractivity contribution in [3.63, 3.8) is 0 Å². The number of ether oxygens (including phenoxy) is 1. The highest BCUT2D eigenvalue weighted by atomic mass is 16.5. The van der Waals surface area contributed by atoms with Gasteiger partial charge < -0.3 is 14.5 Å². The van der Waals surface area contributed by atoms with Crippen LogP contribution in [0.2, 0.25) is 0 Å². The van der Waals surface area contributed by atoms with Crippen LogP contribution in [0.15, 0.2) is 24.3 Å². The number of carbonyl (C=O) groups excluding carboxylic acids is 1. The normalized spacial score (nSPS) is 15.8. The summed E-state index contributed by atoms with van der Waals surface area (Å²) in [5.41, 5.74) is 1.33. The molecule has 1 saturated heterocycles. The topological polar surface area (TPSA) is 32.8 Å². The van der Waals surface area contributed by atoms with Gasteiger partial charge in [0.15, 0.2) is 0 Å². The monoisotopic (exact) mass is 332 g/mol. The summed E-state index contributed by atoms with van der Waals surface area (Å²) in [5, 5.41) is 0. The molecule has 134 valence electrons. The molecule has 1 amide bonds. The summed E-state index contributed by atoms with van der Waals surface area (Å²) >= 11 is 0. The first-order chi connectivity index (χ1) is 11.6. The molecule has 0 radical (unpaired) electrons. The van der Waals surface area contributed by atoms with Crippen molar-refractivity contribution < 1.29 is 9.53 Å². The van der Waals surface area contributed by atoms with Crippen molar-refractivity contribution in [2.24, 2.45) is 0 Å². The number of amides is 1. The maximum absolute atomic E-state index is 12.1. The number of hydrogen-bond donors (Lipinski definition) is 0. The highest BCUT2D eigenvalue weighted by molar-refractivity contribution is 5.76. The van der Waals surface area contributed by atoms with Crippen molar-refractivity contribution in [2.75, 3.05) is 33.3 Å². The molecule has 24 heavy (non-hydrogen) atoms. The lowest BCUT2D eigenvalue weighted by Gasteiger charge is -2.28. The van der Waals surface area contributed by atoms with E-state index in [1.165, 1.54) is 18.4 Å². The minimum Gasteiger partial charge on any atom is -0.497 e. The van der Waals surface area contributed by atoms with Gasteiger partial charge in [0, 0.05) is 25.6 Å². The number of nitrogens with zero attached hydrogens (tertiary/aromatic N) is 2. The third kappa shape index (κ3) is 5.52. The van der Waals surface area contributed by atoms with Crippen LogP contribution >= 0.6 is 0 Å². The lowest BCUT2D eigenvalue weighted by molar-refractivity contribution is -0.130. The van der Waals surface area contributed by atoms with Gasteiger partial charge in [0.25, 0.3) is 0 Å². The quantitative estimate of drug-likeness (QED) is 0.695. The minimum absolute atomic E-state index is 0.339. The van der Waals surface area contributed by atoms with Crippen molar-refractivity contribution >= 4 is 5.91 Å². The molecule has 2 rings (SSSR count). The Kier molecular flexibility index (Phi) is 7.57. The van der Waals surface area contributed by atoms with Crippen molar-refractivity contribution in [2.45, 2.75) is 52.0 Å². The van der Waals surface area contributed by atoms with E-state index in [0.29, 0.717) is 18.4 Å². The van der Waals surface area contributed by atoms with E-state index in [4.69, 9.17) is 4.74 Å². The molecular weight excluding hydrogens is 300 g/mol. The third-order valence-corrected chi connectivity index (χ3v) is 5.01. The van der Waals surface area contributed by atoms with Crippen LogP contribution < -0.4 is 4.74 Å². The Hall–Kier alpha value is -1.55. The zero-order valence-corrected chi connectivity index (χ0v) is 15.5. The van der Waals surface area contributed by atoms with E-state index in [0.717, 1.165) is 44.8 Å². The van der Waals surface area contributed by atoms with Crippen LogP contribution in [-0.4, -0.2) is 55.0 Å². The molecule has 1 atom stereocenters. The van der Waals surface area contributed by atoms with Crippen LogP contribution in [0.3, 0.4) is 0 Å². The third-order valence-electron chi connectivity index (χ3n) is 5.01. The van der Waals surface area contributed by atoms with Crippen molar-refractivity contribution in [1.82, 2.24) is 9.80 Å². The molecule has 0 aliphatic carbocycles. The summed E-state index contributed by atoms with van der Waals surface area (Å²) < 4.78 is 5.21. The summed E-state index contributed by atoms with van der Waals surface area (Å²) in [6.07, 6.45) is 5.01. The summed E-state index contributed by atoms with van der Waals surface area (Å²) in [6, 6.07) is 8.80. The van der Waals surface area contributed by atoms with E-state index in [1.54, 1.807) is 7.11 Å². The van der Waals surface area contributed by atoms with Gasteiger partial charge in [-0.05, 0) is 63.4 Å². The van der Waals surface area contributed by atoms with Gasteiger partial charge in [-0.25, -0.2) is 0 Å². The van der Waals surface area contributed by atoms with Crippen molar-refractivity contribution in [1.29, 1.82) is 0 Å². The number of carbonyl (C=O) groups is 1. The average molecular weight is 332 g/mol. The molecule has 4 nitrogen and oxygen atoms in total. The Labute approximate surface area is 146 Å². The summed E-state index contributed by atoms with van der Waals surface area (Å²) in [6.45, 7) is 8.42. The van der Waals surface area contributed by atoms with Crippen LogP contribution in [0.1, 0.15) is 45.1 Å². The molecule has 0 bridgehead atoms. The predicted octanol–water partition coefficient (Wildman–Crippen LogP) is 3.35. The van der Waals surface area contributed by atoms with E-state index < -0.39 is 0 Å². The van der Waals surface area contributed by atoms with E-state index in [9.17, 15) is 4.79 Å². The average Bonchev–Trinajstić information content (AvgIpc) is 3.14. The highest BCUT2D eigenvalue weighted by Gasteiger charge is 2.18. The largest absolute Gasteiger partial charge is 0.497 e. The van der Waals surface area contributed by atoms with Gasteiger partial charge in [-0.2, -0.15) is 0 Å². The van der Waals surface area contributed by atoms with Crippen molar-refractivity contribution in [3.8, 4) is 5.75 Å². The van der Waals surface area contributed by atoms with Crippen LogP contribution in [-0.2, 0) is 11.2 Å². The number of methoxy groups -OCH3 is 1. The van der Waals surface area contributed by atoms with Crippen LogP contribution in [0.25, 0.3) is 0 Å². The zero-order chi connectivity index (χ0) is 17.4. The van der Waals surface area contributed by atoms with Gasteiger partial charge in [-0.15, -0.1) is 0 Å². The summed E-state index contributed by atoms with van der Waals surface area (Å²) in [5.74, 6) is 1.24. The van der Waals surface area contributed by atoms with Crippen LogP contribution in [0.5, 0.6) is 5.75 Å². The Morgan fingerprint density at radius 2 is 1.92 bits per heavy atom. The number of rotatable bonds is 9. The van der Waals surface area contributed by atoms with Gasteiger partial charge in [0.1, 0.15) is 5.75 Å². The molecule has 1 unspecified atom stereocenters. The molecule has 4 heteroatoms. The fourth-order valence-corrected chi connectivity index (χ4v) is 3.48. The maximum Gasteiger partial charge on any atom is 0.222 e. The Bertz CT molecular complexity index is 495. The van der Waals surface area contributed by atoms with Crippen LogP contribution in [0, 0.1) is 0 Å². The number of benzene rings is 1. The van der Waals surface area contributed by atoms with Crippen molar-refractivity contribution in [3.05, 3.63) is 29.8 Å². The fraction of sp³-hybridized carbons (Fsp3) is 0.650. The first-order valence-corrected chi connectivity index (χ1v) is 9.28. The fourth-order valence-electron chi connectivity index (χ4n) is 3.48. The molecule has 1 aromatic carbocycles. The maximum atomic E-state index is 12.1. The highest BCUT2D eigenvalue weighted by Crippen LogP contribution is 2.15. The second-order valence-electron chi connectivity index (χ2n) is 6.72. The molecule has 0 N–H and O–H groups in total. The van der Waals surface area contributed by atoms with Gasteiger partial charge in [-0.3, -0.25) is 4.79 Å². The predicted molar refractivity (Wildman–Crippen MR) is 98.5 cm³/mol. The van der Waals surface area contributed by atoms with E-state index in [-0.39, 0.29) is 0 Å². The standard InChI is InChI=1S/C20H32N2O2/c1-4-21(15-7-8-20(23)22-13-5-6-14-22)17(2)16-18-9-11-19(24-3)12-10-18/h9-12,17H,4-8,13-16H2,1-3H3. The number of likely N-dealkylation sites (tertiary alicyclic amines) is 1. The molecule has 0 saturated carbocycles. The van der Waals surface area contributed by atoms with E-state index in [2.05, 4.69) is 30.9 Å². The smallest absolute Gasteiger partial charge is 0.222 e. The molecule has 0 aromatic heterocycles. The zero-order valence-electron chi connectivity index (χ0n) is 15.5. The van der Waals surface area contributed by atoms with Gasteiger partial charge in [-0.1, -0.05) is 19.1 Å². The first-order valence-electron chi connectivity index (χ1n) is 9.28. The minimum atomic E-state index is 0.339. The van der Waals surface area contributed by atoms with Gasteiger partial charge in [0.05, 0.1) is 7.11 Å². The Morgan fingerprint density at radius 1 is 1.25 bits per heavy atom. The molecular formula is C20H32N2O2. The second-order valence-corrected chi connectivity index (χ2v) is 6.72. The molecule has 1 fully saturated rings. The molecule has 1 aliphatic rings. The number of hydrogen-bond acceptors (Lipinski definition) is 3. The molecule has 1 heterocycles. The van der Waals surface area contributed by atoms with E-state index >= 15 is 0 Å². The van der Waals surface area contributed by atoms with E-state index in [1.807, 2.05) is 17.0 Å². The molecule has 1 aromatic rings. The second kappa shape index (κ2) is 9.67. The van der Waals surface area contributed by atoms with Crippen LogP contribution in [0.4, 0.5) is 0 Å². The van der Waals surface area contributed by atoms with Gasteiger partial charge >= 0.3 is 0 Å². The lowest BCUT2D eigenvalue weighted by atomic mass is 10.1.